The first-order valence-corrected chi connectivity index (χ1v) is 9.42. The van der Waals surface area contributed by atoms with Crippen LogP contribution in [-0.4, -0.2) is 31.1 Å². The molecule has 5 nitrogen and oxygen atoms in total. The minimum absolute atomic E-state index is 0.0452. The smallest absolute Gasteiger partial charge is 0.244 e. The summed E-state index contributed by atoms with van der Waals surface area (Å²) in [4.78, 5) is 0.101. The van der Waals surface area contributed by atoms with Crippen LogP contribution in [0.2, 0.25) is 0 Å². The molecule has 0 amide bonds. The fourth-order valence-corrected chi connectivity index (χ4v) is 5.62. The zero-order valence-electron chi connectivity index (χ0n) is 12.0. The fraction of sp³-hybridized carbons (Fsp3) is 0.692. The van der Waals surface area contributed by atoms with Crippen molar-refractivity contribution in [3.8, 4) is 0 Å². The molecule has 20 heavy (non-hydrogen) atoms. The Morgan fingerprint density at radius 2 is 2.05 bits per heavy atom. The van der Waals surface area contributed by atoms with Gasteiger partial charge in [-0.15, -0.1) is 0 Å². The minimum atomic E-state index is -3.66. The second-order valence-corrected chi connectivity index (χ2v) is 7.84. The van der Waals surface area contributed by atoms with E-state index >= 15 is 0 Å². The monoisotopic (exact) mass is 319 g/mol. The van der Waals surface area contributed by atoms with Crippen molar-refractivity contribution in [2.24, 2.45) is 0 Å². The molecule has 2 unspecified atom stereocenters. The Hall–Kier alpha value is -0.500. The second-order valence-electron chi connectivity index (χ2n) is 5.11. The fourth-order valence-electron chi connectivity index (χ4n) is 2.85. The molecule has 1 fully saturated rings. The van der Waals surface area contributed by atoms with Crippen LogP contribution >= 0.6 is 11.8 Å². The molecule has 114 valence electrons. The van der Waals surface area contributed by atoms with Crippen molar-refractivity contribution in [2.45, 2.75) is 55.9 Å². The Labute approximate surface area is 124 Å². The topological polar surface area (TPSA) is 79.5 Å². The predicted molar refractivity (Wildman–Crippen MR) is 79.4 cm³/mol. The number of sulfonamides is 1. The van der Waals surface area contributed by atoms with Crippen LogP contribution in [0.5, 0.6) is 0 Å². The van der Waals surface area contributed by atoms with Gasteiger partial charge in [0.25, 0.3) is 0 Å². The van der Waals surface area contributed by atoms with Gasteiger partial charge in [0.2, 0.25) is 10.0 Å². The summed E-state index contributed by atoms with van der Waals surface area (Å²) < 4.78 is 33.3. The Morgan fingerprint density at radius 1 is 1.35 bits per heavy atom. The van der Waals surface area contributed by atoms with Crippen LogP contribution in [0.15, 0.2) is 9.31 Å². The minimum Gasteiger partial charge on any atom is -0.465 e. The van der Waals surface area contributed by atoms with Gasteiger partial charge in [0.1, 0.15) is 16.4 Å². The van der Waals surface area contributed by atoms with Crippen LogP contribution in [0, 0.1) is 13.8 Å². The number of aryl methyl sites for hydroxylation is 2. The molecule has 1 heterocycles. The summed E-state index contributed by atoms with van der Waals surface area (Å²) in [5, 5.41) is 9.69. The lowest BCUT2D eigenvalue weighted by atomic mass is 10.2. The van der Waals surface area contributed by atoms with E-state index in [1.807, 2.05) is 6.26 Å². The Morgan fingerprint density at radius 3 is 2.65 bits per heavy atom. The van der Waals surface area contributed by atoms with Crippen molar-refractivity contribution in [3.63, 3.8) is 0 Å². The van der Waals surface area contributed by atoms with Gasteiger partial charge >= 0.3 is 0 Å². The largest absolute Gasteiger partial charge is 0.465 e. The Kier molecular flexibility index (Phi) is 4.84. The van der Waals surface area contributed by atoms with Gasteiger partial charge in [-0.05, 0) is 32.9 Å². The van der Waals surface area contributed by atoms with Gasteiger partial charge in [-0.25, -0.2) is 13.1 Å². The van der Waals surface area contributed by atoms with Gasteiger partial charge in [0, 0.05) is 16.9 Å². The van der Waals surface area contributed by atoms with E-state index in [0.29, 0.717) is 22.3 Å². The number of aliphatic hydroxyl groups excluding tert-OH is 1. The molecular formula is C13H21NO4S2. The molecule has 1 aliphatic rings. The molecule has 2 N–H and O–H groups in total. The summed E-state index contributed by atoms with van der Waals surface area (Å²) in [6.07, 6.45) is 4.93. The summed E-state index contributed by atoms with van der Waals surface area (Å²) in [5.74, 6) is 0.788. The zero-order valence-corrected chi connectivity index (χ0v) is 13.6. The molecule has 2 rings (SSSR count). The van der Waals surface area contributed by atoms with Crippen molar-refractivity contribution in [1.82, 2.24) is 4.72 Å². The average molecular weight is 319 g/mol. The first kappa shape index (κ1) is 15.9. The molecule has 1 aromatic heterocycles. The molecule has 1 aromatic rings. The number of thioether (sulfide) groups is 1. The highest BCUT2D eigenvalue weighted by molar-refractivity contribution is 7.99. The highest BCUT2D eigenvalue weighted by atomic mass is 32.2. The molecule has 1 saturated carbocycles. The number of hydrogen-bond acceptors (Lipinski definition) is 5. The molecule has 0 aliphatic heterocycles. The summed E-state index contributed by atoms with van der Waals surface area (Å²) in [6.45, 7) is 2.94. The van der Waals surface area contributed by atoms with Crippen LogP contribution in [0.1, 0.15) is 36.3 Å². The maximum atomic E-state index is 12.6. The summed E-state index contributed by atoms with van der Waals surface area (Å²) in [7, 11) is -3.66. The molecule has 0 aromatic carbocycles. The summed E-state index contributed by atoms with van der Waals surface area (Å²) in [6, 6.07) is -0.0452. The summed E-state index contributed by atoms with van der Waals surface area (Å²) in [5.41, 5.74) is 0.355. The first-order valence-electron chi connectivity index (χ1n) is 6.65. The van der Waals surface area contributed by atoms with Gasteiger partial charge in [0.05, 0.1) is 6.61 Å². The lowest BCUT2D eigenvalue weighted by molar-refractivity contribution is 0.276. The molecule has 0 saturated heterocycles. The van der Waals surface area contributed by atoms with E-state index < -0.39 is 10.0 Å². The second kappa shape index (κ2) is 6.09. The Balaban J connectivity index is 2.31. The van der Waals surface area contributed by atoms with Crippen molar-refractivity contribution < 1.29 is 17.9 Å². The number of rotatable bonds is 5. The van der Waals surface area contributed by atoms with Crippen molar-refractivity contribution in [1.29, 1.82) is 0 Å². The standard InChI is InChI=1S/C13H21NO4S2/c1-8-10(7-15)13(9(2)18-8)20(16,17)14-11-5-4-6-12(11)19-3/h11-12,14-15H,4-7H2,1-3H3. The molecule has 0 radical (unpaired) electrons. The Bertz CT molecular complexity index is 579. The van der Waals surface area contributed by atoms with Crippen LogP contribution in [0.4, 0.5) is 0 Å². The third-order valence-corrected chi connectivity index (χ3v) is 6.67. The maximum absolute atomic E-state index is 12.6. The van der Waals surface area contributed by atoms with Gasteiger partial charge in [-0.2, -0.15) is 11.8 Å². The lowest BCUT2D eigenvalue weighted by Gasteiger charge is -2.19. The van der Waals surface area contributed by atoms with E-state index in [4.69, 9.17) is 4.42 Å². The van der Waals surface area contributed by atoms with Gasteiger partial charge in [-0.3, -0.25) is 0 Å². The SMILES string of the molecule is CSC1CCCC1NS(=O)(=O)c1c(C)oc(C)c1CO. The van der Waals surface area contributed by atoms with E-state index in [-0.39, 0.29) is 17.5 Å². The lowest BCUT2D eigenvalue weighted by Crippen LogP contribution is -2.39. The molecule has 7 heteroatoms. The normalized spacial score (nSPS) is 23.4. The van der Waals surface area contributed by atoms with E-state index in [2.05, 4.69) is 4.72 Å². The predicted octanol–water partition coefficient (Wildman–Crippen LogP) is 1.95. The van der Waals surface area contributed by atoms with Crippen LogP contribution in [0.25, 0.3) is 0 Å². The van der Waals surface area contributed by atoms with Crippen LogP contribution in [-0.2, 0) is 16.6 Å². The molecule has 1 aliphatic carbocycles. The van der Waals surface area contributed by atoms with Crippen molar-refractivity contribution >= 4 is 21.8 Å². The summed E-state index contributed by atoms with van der Waals surface area (Å²) >= 11 is 1.70. The molecule has 2 atom stereocenters. The van der Waals surface area contributed by atoms with Crippen LogP contribution in [0.3, 0.4) is 0 Å². The highest BCUT2D eigenvalue weighted by Crippen LogP contribution is 2.31. The van der Waals surface area contributed by atoms with Gasteiger partial charge < -0.3 is 9.52 Å². The number of aliphatic hydroxyl groups is 1. The first-order chi connectivity index (χ1) is 9.40. The average Bonchev–Trinajstić information content (AvgIpc) is 2.92. The maximum Gasteiger partial charge on any atom is 0.244 e. The quantitative estimate of drug-likeness (QED) is 0.867. The third kappa shape index (κ3) is 2.90. The number of furan rings is 1. The van der Waals surface area contributed by atoms with E-state index in [0.717, 1.165) is 19.3 Å². The number of hydrogen-bond donors (Lipinski definition) is 2. The highest BCUT2D eigenvalue weighted by Gasteiger charge is 2.33. The molecule has 0 bridgehead atoms. The van der Waals surface area contributed by atoms with Gasteiger partial charge in [-0.1, -0.05) is 6.42 Å². The van der Waals surface area contributed by atoms with Crippen molar-refractivity contribution in [2.75, 3.05) is 6.26 Å². The molecular weight excluding hydrogens is 298 g/mol. The van der Waals surface area contributed by atoms with Crippen LogP contribution < -0.4 is 4.72 Å². The molecule has 0 spiro atoms. The van der Waals surface area contributed by atoms with E-state index in [1.165, 1.54) is 0 Å². The number of nitrogens with one attached hydrogen (secondary N) is 1. The van der Waals surface area contributed by atoms with E-state index in [1.54, 1.807) is 25.6 Å². The van der Waals surface area contributed by atoms with Crippen molar-refractivity contribution in [3.05, 3.63) is 17.1 Å². The zero-order chi connectivity index (χ0) is 14.9. The van der Waals surface area contributed by atoms with Gasteiger partial charge in [0.15, 0.2) is 0 Å². The van der Waals surface area contributed by atoms with E-state index in [9.17, 15) is 13.5 Å². The third-order valence-electron chi connectivity index (χ3n) is 3.81.